The minimum absolute atomic E-state index is 0.00244. The van der Waals surface area contributed by atoms with Gasteiger partial charge in [-0.1, -0.05) is 53.9 Å². The van der Waals surface area contributed by atoms with Gasteiger partial charge in [-0.15, -0.1) is 0 Å². The number of phenols is 1. The Morgan fingerprint density at radius 1 is 0.962 bits per heavy atom. The molecule has 3 N–H and O–H groups in total. The van der Waals surface area contributed by atoms with Gasteiger partial charge in [-0.05, 0) is 79.6 Å². The summed E-state index contributed by atoms with van der Waals surface area (Å²) in [6, 6.07) is 16.8. The first-order chi connectivity index (χ1) is 25.0. The van der Waals surface area contributed by atoms with Crippen molar-refractivity contribution in [1.29, 1.82) is 0 Å². The van der Waals surface area contributed by atoms with Gasteiger partial charge in [0.2, 0.25) is 11.8 Å². The molecule has 3 fully saturated rings. The Hall–Kier alpha value is -5.23. The van der Waals surface area contributed by atoms with Crippen LogP contribution in [0, 0.1) is 29.5 Å². The summed E-state index contributed by atoms with van der Waals surface area (Å²) in [7, 11) is 1.41. The van der Waals surface area contributed by atoms with Crippen molar-refractivity contribution in [3.05, 3.63) is 100 Å². The van der Waals surface area contributed by atoms with Crippen LogP contribution in [0.4, 0.5) is 10.1 Å². The molecule has 52 heavy (non-hydrogen) atoms. The van der Waals surface area contributed by atoms with E-state index in [0.717, 1.165) is 5.01 Å². The number of benzene rings is 3. The molecule has 2 heterocycles. The Balaban J connectivity index is 1.37. The summed E-state index contributed by atoms with van der Waals surface area (Å²) in [6.45, 7) is 0.150. The van der Waals surface area contributed by atoms with E-state index in [4.69, 9.17) is 21.4 Å². The molecule has 2 aliphatic carbocycles. The Morgan fingerprint density at radius 2 is 1.69 bits per heavy atom. The molecule has 6 atom stereocenters. The molecular weight excluding hydrogens is 693 g/mol. The summed E-state index contributed by atoms with van der Waals surface area (Å²) in [6.07, 6.45) is 3.55. The maximum Gasteiger partial charge on any atom is 0.303 e. The highest BCUT2D eigenvalue weighted by atomic mass is 35.5. The molecule has 4 amide bonds. The van der Waals surface area contributed by atoms with Crippen molar-refractivity contribution in [2.24, 2.45) is 23.7 Å². The number of carboxylic acids is 1. The molecule has 0 aromatic heterocycles. The first-order valence-electron chi connectivity index (χ1n) is 17.3. The highest BCUT2D eigenvalue weighted by Crippen LogP contribution is 2.65. The number of anilines is 1. The second-order valence-electron chi connectivity index (χ2n) is 13.8. The number of nitrogens with zero attached hydrogens (tertiary/aromatic N) is 2. The van der Waals surface area contributed by atoms with Crippen molar-refractivity contribution in [3.63, 3.8) is 0 Å². The smallest absolute Gasteiger partial charge is 0.303 e. The summed E-state index contributed by atoms with van der Waals surface area (Å²) in [5, 5.41) is 22.1. The van der Waals surface area contributed by atoms with Crippen LogP contribution in [0.15, 0.2) is 78.4 Å². The number of nitrogens with one attached hydrogen (secondary N) is 1. The number of carboxylic acid groups (broad SMARTS) is 1. The minimum Gasteiger partial charge on any atom is -0.504 e. The number of fused-ring (bicyclic) bond motifs is 4. The number of hydrogen-bond acceptors (Lipinski definition) is 8. The number of aliphatic carboxylic acids is 1. The van der Waals surface area contributed by atoms with Crippen LogP contribution in [-0.4, -0.2) is 63.4 Å². The zero-order chi connectivity index (χ0) is 36.9. The minimum atomic E-state index is -1.65. The monoisotopic (exact) mass is 729 g/mol. The van der Waals surface area contributed by atoms with Crippen LogP contribution in [0.1, 0.15) is 55.6 Å². The highest BCUT2D eigenvalue weighted by Gasteiger charge is 2.70. The number of phenolic OH excluding ortho intramolecular Hbond substituents is 1. The average Bonchev–Trinajstić information content (AvgIpc) is 3.50. The van der Waals surface area contributed by atoms with E-state index in [9.17, 15) is 28.7 Å². The number of rotatable bonds is 11. The van der Waals surface area contributed by atoms with Crippen LogP contribution < -0.4 is 10.2 Å². The van der Waals surface area contributed by atoms with Crippen molar-refractivity contribution in [2.45, 2.75) is 49.9 Å². The lowest BCUT2D eigenvalue weighted by Gasteiger charge is -2.50. The molecule has 13 heteroatoms. The number of carbonyl (C=O) groups excluding carboxylic acids is 4. The molecule has 2 saturated heterocycles. The molecule has 6 unspecified atom stereocenters. The number of methoxy groups -OCH3 is 1. The topological polar surface area (TPSA) is 154 Å². The van der Waals surface area contributed by atoms with E-state index in [2.05, 4.69) is 5.43 Å². The number of carbonyl (C=O) groups is 5. The third kappa shape index (κ3) is 5.60. The maximum atomic E-state index is 15.2. The van der Waals surface area contributed by atoms with Crippen molar-refractivity contribution >= 4 is 46.9 Å². The molecule has 0 bridgehead atoms. The van der Waals surface area contributed by atoms with Crippen LogP contribution in [0.3, 0.4) is 0 Å². The van der Waals surface area contributed by atoms with Crippen LogP contribution in [0.25, 0.3) is 0 Å². The van der Waals surface area contributed by atoms with Gasteiger partial charge in [-0.3, -0.25) is 34.3 Å². The number of amides is 4. The fourth-order valence-electron chi connectivity index (χ4n) is 8.95. The first kappa shape index (κ1) is 35.2. The SMILES string of the molecule is COc1cccc(C2C3=CCC4C(=O)N(CCCCCC(=O)O)C(=O)C4C3CC3C(=O)N(Nc4ccc(F)cc4)C(=O)C32c2ccc(Cl)cc2)c1O. The van der Waals surface area contributed by atoms with E-state index in [0.29, 0.717) is 46.7 Å². The summed E-state index contributed by atoms with van der Waals surface area (Å²) in [5.74, 6) is -7.55. The Labute approximate surface area is 304 Å². The molecule has 2 aliphatic heterocycles. The summed E-state index contributed by atoms with van der Waals surface area (Å²) < 4.78 is 19.3. The van der Waals surface area contributed by atoms with E-state index in [1.165, 1.54) is 36.3 Å². The standard InChI is InChI=1S/C39H37ClFN3O8/c1-52-30-7-5-6-27(34(30)47)33-25-17-18-26-32(37(50)43(35(26)48)19-4-2-3-8-31(45)46)28(25)20-29-36(49)44(42-24-15-13-23(41)14-16-24)38(51)39(29,33)21-9-11-22(40)12-10-21/h5-7,9-17,26,28-29,32-33,42,47H,2-4,8,18-20H2,1H3,(H,45,46). The van der Waals surface area contributed by atoms with Crippen LogP contribution in [-0.2, 0) is 29.4 Å². The van der Waals surface area contributed by atoms with E-state index in [1.807, 2.05) is 6.08 Å². The molecule has 0 radical (unpaired) electrons. The second-order valence-corrected chi connectivity index (χ2v) is 14.2. The zero-order valence-electron chi connectivity index (χ0n) is 28.3. The van der Waals surface area contributed by atoms with Gasteiger partial charge >= 0.3 is 5.97 Å². The predicted molar refractivity (Wildman–Crippen MR) is 187 cm³/mol. The van der Waals surface area contributed by atoms with Crippen molar-refractivity contribution in [2.75, 3.05) is 19.1 Å². The number of ether oxygens (including phenoxy) is 1. The molecule has 3 aromatic rings. The van der Waals surface area contributed by atoms with Crippen LogP contribution >= 0.6 is 11.6 Å². The summed E-state index contributed by atoms with van der Waals surface area (Å²) in [4.78, 5) is 70.1. The van der Waals surface area contributed by atoms with Crippen LogP contribution in [0.2, 0.25) is 5.02 Å². The summed E-state index contributed by atoms with van der Waals surface area (Å²) >= 11 is 6.33. The number of aromatic hydroxyl groups is 1. The van der Waals surface area contributed by atoms with E-state index in [1.54, 1.807) is 42.5 Å². The Kier molecular flexibility index (Phi) is 9.28. The zero-order valence-corrected chi connectivity index (χ0v) is 29.0. The number of imide groups is 2. The number of para-hydroxylation sites is 1. The molecule has 4 aliphatic rings. The van der Waals surface area contributed by atoms with Gasteiger partial charge in [0.25, 0.3) is 11.8 Å². The highest BCUT2D eigenvalue weighted by molar-refractivity contribution is 6.30. The molecule has 11 nitrogen and oxygen atoms in total. The van der Waals surface area contributed by atoms with E-state index >= 15 is 4.79 Å². The van der Waals surface area contributed by atoms with E-state index in [-0.39, 0.29) is 49.1 Å². The molecule has 0 spiro atoms. The second kappa shape index (κ2) is 13.7. The number of unbranched alkanes of at least 4 members (excludes halogenated alkanes) is 2. The lowest BCUT2D eigenvalue weighted by atomic mass is 9.49. The maximum absolute atomic E-state index is 15.2. The van der Waals surface area contributed by atoms with Crippen LogP contribution in [0.5, 0.6) is 11.5 Å². The average molecular weight is 730 g/mol. The number of hydrazine groups is 1. The van der Waals surface area contributed by atoms with Gasteiger partial charge < -0.3 is 14.9 Å². The fourth-order valence-corrected chi connectivity index (χ4v) is 9.07. The lowest BCUT2D eigenvalue weighted by Crippen LogP contribution is -2.53. The quantitative estimate of drug-likeness (QED) is 0.126. The largest absolute Gasteiger partial charge is 0.504 e. The number of halogens is 2. The van der Waals surface area contributed by atoms with Gasteiger partial charge in [-0.2, -0.15) is 5.01 Å². The first-order valence-corrected chi connectivity index (χ1v) is 17.7. The van der Waals surface area contributed by atoms with Gasteiger partial charge in [-0.25, -0.2) is 4.39 Å². The van der Waals surface area contributed by atoms with E-state index < -0.39 is 58.6 Å². The third-order valence-corrected chi connectivity index (χ3v) is 11.4. The Morgan fingerprint density at radius 3 is 2.38 bits per heavy atom. The summed E-state index contributed by atoms with van der Waals surface area (Å²) in [5.41, 5.74) is 2.98. The Bertz CT molecular complexity index is 1990. The number of allylic oxidation sites excluding steroid dienone is 2. The molecule has 7 rings (SSSR count). The van der Waals surface area contributed by atoms with Gasteiger partial charge in [0, 0.05) is 29.5 Å². The van der Waals surface area contributed by atoms with Gasteiger partial charge in [0.05, 0.1) is 36.0 Å². The molecule has 270 valence electrons. The van der Waals surface area contributed by atoms with Crippen molar-refractivity contribution in [1.82, 2.24) is 9.91 Å². The molecule has 1 saturated carbocycles. The lowest BCUT2D eigenvalue weighted by molar-refractivity contribution is -0.141. The van der Waals surface area contributed by atoms with Gasteiger partial charge in [0.15, 0.2) is 11.5 Å². The number of likely N-dealkylation sites (tertiary alicyclic amines) is 1. The van der Waals surface area contributed by atoms with Crippen molar-refractivity contribution in [3.8, 4) is 11.5 Å². The third-order valence-electron chi connectivity index (χ3n) is 11.2. The van der Waals surface area contributed by atoms with Gasteiger partial charge in [0.1, 0.15) is 5.82 Å². The van der Waals surface area contributed by atoms with Crippen molar-refractivity contribution < 1.29 is 43.3 Å². The number of hydrogen-bond donors (Lipinski definition) is 3. The molecule has 3 aromatic carbocycles. The normalized spacial score (nSPS) is 26.5. The molecular formula is C39H37ClFN3O8. The fraction of sp³-hybridized carbons (Fsp3) is 0.359. The predicted octanol–water partition coefficient (Wildman–Crippen LogP) is 5.82.